The molecule has 0 aliphatic heterocycles. The number of carbonyl (C=O) groups excluding carboxylic acids is 1. The third-order valence-electron chi connectivity index (χ3n) is 2.84. The van der Waals surface area contributed by atoms with Crippen LogP contribution in [0.4, 0.5) is 13.2 Å². The molecular weight excluding hydrogens is 321 g/mol. The molecule has 0 amide bonds. The second kappa shape index (κ2) is 6.31. The standard InChI is InChI=1S/C14H10ClF3N2O2/c15-9-3-1-8(2-4-9)11(21)6-5-10-7-12(22)20-13(19-10)14(16,17)18/h1-4,7H,5-6H2,(H,19,20,22). The maximum absolute atomic E-state index is 12.5. The molecule has 0 aliphatic carbocycles. The Morgan fingerprint density at radius 2 is 1.86 bits per heavy atom. The highest BCUT2D eigenvalue weighted by Gasteiger charge is 2.34. The number of hydrogen-bond donors (Lipinski definition) is 1. The van der Waals surface area contributed by atoms with Crippen LogP contribution in [-0.2, 0) is 12.6 Å². The van der Waals surface area contributed by atoms with Crippen LogP contribution in [0.15, 0.2) is 35.1 Å². The molecule has 22 heavy (non-hydrogen) atoms. The number of halogens is 4. The van der Waals surface area contributed by atoms with E-state index in [1.807, 2.05) is 0 Å². The second-order valence-electron chi connectivity index (χ2n) is 4.51. The van der Waals surface area contributed by atoms with Crippen molar-refractivity contribution in [2.75, 3.05) is 0 Å². The van der Waals surface area contributed by atoms with Gasteiger partial charge in [-0.1, -0.05) is 11.6 Å². The second-order valence-corrected chi connectivity index (χ2v) is 4.95. The van der Waals surface area contributed by atoms with Crippen molar-refractivity contribution in [1.29, 1.82) is 0 Å². The molecule has 1 aromatic heterocycles. The van der Waals surface area contributed by atoms with E-state index in [4.69, 9.17) is 11.6 Å². The summed E-state index contributed by atoms with van der Waals surface area (Å²) in [6.07, 6.45) is -4.86. The number of hydrogen-bond acceptors (Lipinski definition) is 3. The van der Waals surface area contributed by atoms with E-state index in [0.29, 0.717) is 10.6 Å². The maximum atomic E-state index is 12.5. The molecule has 4 nitrogen and oxygen atoms in total. The quantitative estimate of drug-likeness (QED) is 0.875. The van der Waals surface area contributed by atoms with Crippen LogP contribution < -0.4 is 5.56 Å². The fourth-order valence-electron chi connectivity index (χ4n) is 1.79. The number of aromatic amines is 1. The topological polar surface area (TPSA) is 62.8 Å². The molecule has 0 aliphatic rings. The number of ketones is 1. The van der Waals surface area contributed by atoms with Crippen molar-refractivity contribution in [2.45, 2.75) is 19.0 Å². The van der Waals surface area contributed by atoms with E-state index in [0.717, 1.165) is 6.07 Å². The SMILES string of the molecule is O=C(CCc1cc(=O)[nH]c(C(F)(F)F)n1)c1ccc(Cl)cc1. The summed E-state index contributed by atoms with van der Waals surface area (Å²) in [4.78, 5) is 28.1. The molecule has 116 valence electrons. The highest BCUT2D eigenvalue weighted by molar-refractivity contribution is 6.30. The summed E-state index contributed by atoms with van der Waals surface area (Å²) in [7, 11) is 0. The predicted octanol–water partition coefficient (Wildman–Crippen LogP) is 3.26. The Balaban J connectivity index is 2.11. The van der Waals surface area contributed by atoms with Crippen LogP contribution in [0.1, 0.15) is 28.3 Å². The summed E-state index contributed by atoms with van der Waals surface area (Å²) in [6, 6.07) is 7.09. The summed E-state index contributed by atoms with van der Waals surface area (Å²) in [5, 5.41) is 0.475. The molecule has 1 aromatic carbocycles. The van der Waals surface area contributed by atoms with Crippen LogP contribution in [0, 0.1) is 0 Å². The van der Waals surface area contributed by atoms with Crippen LogP contribution in [0.5, 0.6) is 0 Å². The van der Waals surface area contributed by atoms with Gasteiger partial charge in [-0.15, -0.1) is 0 Å². The number of Topliss-reactive ketones (excluding diaryl/α,β-unsaturated/α-hetero) is 1. The van der Waals surface area contributed by atoms with Gasteiger partial charge in [0.1, 0.15) is 0 Å². The average molecular weight is 331 g/mol. The van der Waals surface area contributed by atoms with Crippen molar-refractivity contribution in [3.63, 3.8) is 0 Å². The zero-order valence-electron chi connectivity index (χ0n) is 11.1. The fraction of sp³-hybridized carbons (Fsp3) is 0.214. The molecule has 2 aromatic rings. The first-order chi connectivity index (χ1) is 10.3. The Morgan fingerprint density at radius 3 is 2.45 bits per heavy atom. The van der Waals surface area contributed by atoms with Crippen molar-refractivity contribution < 1.29 is 18.0 Å². The van der Waals surface area contributed by atoms with Gasteiger partial charge in [-0.25, -0.2) is 4.98 Å². The summed E-state index contributed by atoms with van der Waals surface area (Å²) >= 11 is 5.70. The van der Waals surface area contributed by atoms with Crippen LogP contribution in [0.25, 0.3) is 0 Å². The minimum Gasteiger partial charge on any atom is -0.303 e. The summed E-state index contributed by atoms with van der Waals surface area (Å²) in [6.45, 7) is 0. The van der Waals surface area contributed by atoms with Gasteiger partial charge in [-0.2, -0.15) is 13.2 Å². The molecule has 0 bridgehead atoms. The lowest BCUT2D eigenvalue weighted by molar-refractivity contribution is -0.145. The number of alkyl halides is 3. The van der Waals surface area contributed by atoms with Gasteiger partial charge < -0.3 is 4.98 Å². The van der Waals surface area contributed by atoms with Crippen LogP contribution in [-0.4, -0.2) is 15.8 Å². The van der Waals surface area contributed by atoms with E-state index in [9.17, 15) is 22.8 Å². The van der Waals surface area contributed by atoms with Crippen LogP contribution in [0.2, 0.25) is 5.02 Å². The lowest BCUT2D eigenvalue weighted by Crippen LogP contribution is -2.20. The number of benzene rings is 1. The number of aryl methyl sites for hydroxylation is 1. The molecule has 0 saturated carbocycles. The molecular formula is C14H10ClF3N2O2. The van der Waals surface area contributed by atoms with Crippen LogP contribution >= 0.6 is 11.6 Å². The van der Waals surface area contributed by atoms with Crippen molar-refractivity contribution in [3.8, 4) is 0 Å². The Hall–Kier alpha value is -2.15. The number of nitrogens with one attached hydrogen (secondary N) is 1. The first kappa shape index (κ1) is 16.2. The minimum absolute atomic E-state index is 0.0601. The highest BCUT2D eigenvalue weighted by atomic mass is 35.5. The van der Waals surface area contributed by atoms with Gasteiger partial charge in [0.25, 0.3) is 5.56 Å². The molecule has 0 fully saturated rings. The number of rotatable bonds is 4. The molecule has 2 rings (SSSR count). The van der Waals surface area contributed by atoms with Crippen molar-refractivity contribution in [3.05, 3.63) is 62.8 Å². The largest absolute Gasteiger partial charge is 0.449 e. The molecule has 1 heterocycles. The van der Waals surface area contributed by atoms with Crippen LogP contribution in [0.3, 0.4) is 0 Å². The summed E-state index contributed by atoms with van der Waals surface area (Å²) in [5.74, 6) is -1.64. The fourth-order valence-corrected chi connectivity index (χ4v) is 1.92. The van der Waals surface area contributed by atoms with Gasteiger partial charge in [-0.3, -0.25) is 9.59 Å². The average Bonchev–Trinajstić information content (AvgIpc) is 2.44. The van der Waals surface area contributed by atoms with E-state index in [1.54, 1.807) is 17.1 Å². The van der Waals surface area contributed by atoms with Gasteiger partial charge in [0.2, 0.25) is 5.82 Å². The number of nitrogens with zero attached hydrogens (tertiary/aromatic N) is 1. The van der Waals surface area contributed by atoms with E-state index in [2.05, 4.69) is 4.98 Å². The maximum Gasteiger partial charge on any atom is 0.449 e. The summed E-state index contributed by atoms with van der Waals surface area (Å²) in [5.41, 5.74) is -0.597. The number of carbonyl (C=O) groups is 1. The van der Waals surface area contributed by atoms with Crippen molar-refractivity contribution in [2.24, 2.45) is 0 Å². The van der Waals surface area contributed by atoms with Gasteiger partial charge in [0.15, 0.2) is 5.78 Å². The Bertz CT molecular complexity index is 739. The molecule has 0 atom stereocenters. The number of aromatic nitrogens is 2. The van der Waals surface area contributed by atoms with E-state index < -0.39 is 17.6 Å². The minimum atomic E-state index is -4.74. The first-order valence-electron chi connectivity index (χ1n) is 6.22. The Morgan fingerprint density at radius 1 is 1.23 bits per heavy atom. The third-order valence-corrected chi connectivity index (χ3v) is 3.09. The smallest absolute Gasteiger partial charge is 0.303 e. The normalized spacial score (nSPS) is 11.5. The zero-order chi connectivity index (χ0) is 16.3. The molecule has 0 radical (unpaired) electrons. The van der Waals surface area contributed by atoms with Gasteiger partial charge in [0.05, 0.1) is 0 Å². The monoisotopic (exact) mass is 330 g/mol. The van der Waals surface area contributed by atoms with Gasteiger partial charge in [0, 0.05) is 28.8 Å². The lowest BCUT2D eigenvalue weighted by atomic mass is 10.1. The number of H-pyrrole nitrogens is 1. The molecule has 8 heteroatoms. The molecule has 0 unspecified atom stereocenters. The predicted molar refractivity (Wildman–Crippen MR) is 74.0 cm³/mol. The molecule has 0 spiro atoms. The van der Waals surface area contributed by atoms with E-state index in [-0.39, 0.29) is 24.3 Å². The Labute approximate surface area is 128 Å². The lowest BCUT2D eigenvalue weighted by Gasteiger charge is -2.07. The first-order valence-corrected chi connectivity index (χ1v) is 6.60. The van der Waals surface area contributed by atoms with Gasteiger partial charge in [-0.05, 0) is 30.7 Å². The van der Waals surface area contributed by atoms with Crippen molar-refractivity contribution >= 4 is 17.4 Å². The molecule has 0 saturated heterocycles. The third kappa shape index (κ3) is 4.17. The molecule has 1 N–H and O–H groups in total. The van der Waals surface area contributed by atoms with Gasteiger partial charge >= 0.3 is 6.18 Å². The Kier molecular flexibility index (Phi) is 4.65. The van der Waals surface area contributed by atoms with Crippen molar-refractivity contribution in [1.82, 2.24) is 9.97 Å². The highest BCUT2D eigenvalue weighted by Crippen LogP contribution is 2.25. The van der Waals surface area contributed by atoms with E-state index in [1.165, 1.54) is 12.1 Å². The van der Waals surface area contributed by atoms with E-state index >= 15 is 0 Å². The zero-order valence-corrected chi connectivity index (χ0v) is 11.8. The summed E-state index contributed by atoms with van der Waals surface area (Å²) < 4.78 is 37.6.